The van der Waals surface area contributed by atoms with E-state index in [4.69, 9.17) is 9.84 Å². The summed E-state index contributed by atoms with van der Waals surface area (Å²) in [5.41, 5.74) is 0.696. The molecule has 2 rings (SSSR count). The quantitative estimate of drug-likeness (QED) is 0.542. The summed E-state index contributed by atoms with van der Waals surface area (Å²) in [6.45, 7) is -0.408. The lowest BCUT2D eigenvalue weighted by atomic mass is 10.1. The van der Waals surface area contributed by atoms with Crippen LogP contribution < -0.4 is 5.32 Å². The Morgan fingerprint density at radius 2 is 2.05 bits per heavy atom. The zero-order valence-corrected chi connectivity index (χ0v) is 10.9. The highest BCUT2D eigenvalue weighted by molar-refractivity contribution is 5.95. The Morgan fingerprint density at radius 3 is 2.65 bits per heavy atom. The summed E-state index contributed by atoms with van der Waals surface area (Å²) in [6, 6.07) is 6.57. The average Bonchev–Trinajstić information content (AvgIpc) is 2.75. The summed E-state index contributed by atoms with van der Waals surface area (Å²) < 4.78 is 9.95. The van der Waals surface area contributed by atoms with Gasteiger partial charge in [0.25, 0.3) is 0 Å². The Bertz CT molecular complexity index is 480. The van der Waals surface area contributed by atoms with Gasteiger partial charge in [-0.25, -0.2) is 4.79 Å². The smallest absolute Gasteiger partial charge is 0.339 e. The number of carbonyl (C=O) groups is 1. The van der Waals surface area contributed by atoms with Crippen LogP contribution in [0.2, 0.25) is 0 Å². The highest BCUT2D eigenvalue weighted by atomic mass is 16.6. The number of carbonyl (C=O) groups excluding carboxylic acids is 1. The summed E-state index contributed by atoms with van der Waals surface area (Å²) >= 11 is 0. The molecule has 0 radical (unpaired) electrons. The molecule has 0 aromatic heterocycles. The maximum absolute atomic E-state index is 11.6. The van der Waals surface area contributed by atoms with Crippen LogP contribution in [0, 0.1) is 0 Å². The number of ether oxygens (including phenoxy) is 2. The second-order valence-corrected chi connectivity index (χ2v) is 4.44. The molecular formula is C13H17NO6. The van der Waals surface area contributed by atoms with Crippen molar-refractivity contribution in [3.63, 3.8) is 0 Å². The van der Waals surface area contributed by atoms with Gasteiger partial charge in [0.15, 0.2) is 6.23 Å². The van der Waals surface area contributed by atoms with Crippen LogP contribution in [0.15, 0.2) is 24.3 Å². The first-order valence-electron chi connectivity index (χ1n) is 6.14. The van der Waals surface area contributed by atoms with Gasteiger partial charge in [-0.15, -0.1) is 0 Å². The van der Waals surface area contributed by atoms with Gasteiger partial charge in [0, 0.05) is 0 Å². The van der Waals surface area contributed by atoms with Crippen LogP contribution in [0.5, 0.6) is 0 Å². The number of aliphatic hydroxyl groups is 3. The van der Waals surface area contributed by atoms with Gasteiger partial charge in [0.2, 0.25) is 0 Å². The van der Waals surface area contributed by atoms with Crippen LogP contribution in [0.1, 0.15) is 10.4 Å². The molecule has 1 aromatic carbocycles. The standard InChI is InChI=1S/C13H17NO6/c1-19-13(18)7-4-2-3-5-8(7)14-12-11(17)10(16)9(6-15)20-12/h2-5,9-12,14-17H,6H2,1H3/t9-,10+,11-,12+/m0/s1. The van der Waals surface area contributed by atoms with Crippen molar-refractivity contribution in [2.24, 2.45) is 0 Å². The molecule has 7 heteroatoms. The van der Waals surface area contributed by atoms with Crippen molar-refractivity contribution in [3.05, 3.63) is 29.8 Å². The SMILES string of the molecule is COC(=O)c1ccccc1N[C@@H]1O[C@@H](CO)[C@@H](O)[C@@H]1O. The van der Waals surface area contributed by atoms with Crippen LogP contribution in [-0.4, -0.2) is 59.5 Å². The third-order valence-corrected chi connectivity index (χ3v) is 3.17. The lowest BCUT2D eigenvalue weighted by Crippen LogP contribution is -2.36. The molecule has 0 amide bonds. The summed E-state index contributed by atoms with van der Waals surface area (Å²) in [6.07, 6.45) is -4.19. The predicted molar refractivity (Wildman–Crippen MR) is 69.2 cm³/mol. The zero-order chi connectivity index (χ0) is 14.7. The van der Waals surface area contributed by atoms with Gasteiger partial charge in [-0.2, -0.15) is 0 Å². The monoisotopic (exact) mass is 283 g/mol. The Kier molecular flexibility index (Phi) is 4.56. The van der Waals surface area contributed by atoms with Crippen LogP contribution in [0.4, 0.5) is 5.69 Å². The van der Waals surface area contributed by atoms with Crippen LogP contribution in [0.25, 0.3) is 0 Å². The van der Waals surface area contributed by atoms with Gasteiger partial charge in [0.1, 0.15) is 18.3 Å². The van der Waals surface area contributed by atoms with E-state index >= 15 is 0 Å². The molecule has 0 spiro atoms. The molecule has 0 saturated carbocycles. The highest BCUT2D eigenvalue weighted by Gasteiger charge is 2.42. The Balaban J connectivity index is 2.17. The maximum Gasteiger partial charge on any atom is 0.339 e. The fraction of sp³-hybridized carbons (Fsp3) is 0.462. The molecule has 1 heterocycles. The molecule has 4 atom stereocenters. The molecule has 1 aliphatic rings. The van der Waals surface area contributed by atoms with Gasteiger partial charge >= 0.3 is 5.97 Å². The molecule has 1 aromatic rings. The van der Waals surface area contributed by atoms with E-state index in [2.05, 4.69) is 10.1 Å². The maximum atomic E-state index is 11.6. The molecule has 1 saturated heterocycles. The van der Waals surface area contributed by atoms with Crippen LogP contribution in [0.3, 0.4) is 0 Å². The highest BCUT2D eigenvalue weighted by Crippen LogP contribution is 2.25. The summed E-state index contributed by atoms with van der Waals surface area (Å²) in [5.74, 6) is -0.528. The molecule has 20 heavy (non-hydrogen) atoms. The summed E-state index contributed by atoms with van der Waals surface area (Å²) in [7, 11) is 1.27. The van der Waals surface area contributed by atoms with Gasteiger partial charge in [-0.1, -0.05) is 12.1 Å². The van der Waals surface area contributed by atoms with Crippen LogP contribution in [-0.2, 0) is 9.47 Å². The fourth-order valence-electron chi connectivity index (χ4n) is 2.07. The zero-order valence-electron chi connectivity index (χ0n) is 10.9. The Hall–Kier alpha value is -1.67. The number of hydrogen-bond donors (Lipinski definition) is 4. The van der Waals surface area contributed by atoms with E-state index in [0.29, 0.717) is 5.69 Å². The second-order valence-electron chi connectivity index (χ2n) is 4.44. The normalized spacial score (nSPS) is 29.2. The first-order valence-corrected chi connectivity index (χ1v) is 6.14. The third kappa shape index (κ3) is 2.75. The van der Waals surface area contributed by atoms with Crippen molar-refractivity contribution in [2.75, 3.05) is 19.0 Å². The van der Waals surface area contributed by atoms with Gasteiger partial charge in [-0.3, -0.25) is 0 Å². The number of anilines is 1. The average molecular weight is 283 g/mol. The van der Waals surface area contributed by atoms with Crippen molar-refractivity contribution < 1.29 is 29.6 Å². The van der Waals surface area contributed by atoms with E-state index in [9.17, 15) is 15.0 Å². The van der Waals surface area contributed by atoms with Gasteiger partial charge < -0.3 is 30.1 Å². The lowest BCUT2D eigenvalue weighted by molar-refractivity contribution is -0.0153. The number of rotatable bonds is 4. The van der Waals surface area contributed by atoms with E-state index in [1.807, 2.05) is 0 Å². The second kappa shape index (κ2) is 6.19. The van der Waals surface area contributed by atoms with E-state index in [1.165, 1.54) is 7.11 Å². The number of para-hydroxylation sites is 1. The number of esters is 1. The molecule has 0 bridgehead atoms. The number of hydrogen-bond acceptors (Lipinski definition) is 7. The van der Waals surface area contributed by atoms with Crippen molar-refractivity contribution in [1.29, 1.82) is 0 Å². The minimum absolute atomic E-state index is 0.285. The summed E-state index contributed by atoms with van der Waals surface area (Å²) in [5, 5.41) is 31.4. The number of aliphatic hydroxyl groups excluding tert-OH is 3. The van der Waals surface area contributed by atoms with Crippen molar-refractivity contribution in [2.45, 2.75) is 24.5 Å². The van der Waals surface area contributed by atoms with Gasteiger partial charge in [-0.05, 0) is 12.1 Å². The minimum atomic E-state index is -1.21. The van der Waals surface area contributed by atoms with E-state index in [1.54, 1.807) is 24.3 Å². The predicted octanol–water partition coefficient (Wildman–Crippen LogP) is -0.676. The fourth-order valence-corrected chi connectivity index (χ4v) is 2.07. The molecule has 0 aliphatic carbocycles. The van der Waals surface area contributed by atoms with Crippen molar-refractivity contribution in [1.82, 2.24) is 0 Å². The Labute approximate surface area is 115 Å². The van der Waals surface area contributed by atoms with E-state index < -0.39 is 37.1 Å². The number of methoxy groups -OCH3 is 1. The lowest BCUT2D eigenvalue weighted by Gasteiger charge is -2.19. The molecule has 0 unspecified atom stereocenters. The van der Waals surface area contributed by atoms with E-state index in [0.717, 1.165) is 0 Å². The van der Waals surface area contributed by atoms with Crippen molar-refractivity contribution >= 4 is 11.7 Å². The number of benzene rings is 1. The van der Waals surface area contributed by atoms with Crippen molar-refractivity contribution in [3.8, 4) is 0 Å². The first-order chi connectivity index (χ1) is 9.58. The third-order valence-electron chi connectivity index (χ3n) is 3.17. The molecule has 4 N–H and O–H groups in total. The van der Waals surface area contributed by atoms with Gasteiger partial charge in [0.05, 0.1) is 25.0 Å². The number of nitrogens with one attached hydrogen (secondary N) is 1. The molecular weight excluding hydrogens is 266 g/mol. The molecule has 110 valence electrons. The van der Waals surface area contributed by atoms with Crippen LogP contribution >= 0.6 is 0 Å². The first kappa shape index (κ1) is 14.7. The molecule has 1 aliphatic heterocycles. The summed E-state index contributed by atoms with van der Waals surface area (Å²) in [4.78, 5) is 11.6. The minimum Gasteiger partial charge on any atom is -0.465 e. The topological polar surface area (TPSA) is 108 Å². The molecule has 1 fully saturated rings. The molecule has 7 nitrogen and oxygen atoms in total. The van der Waals surface area contributed by atoms with E-state index in [-0.39, 0.29) is 5.56 Å². The Morgan fingerprint density at radius 1 is 1.35 bits per heavy atom. The largest absolute Gasteiger partial charge is 0.465 e.